The second-order valence-electron chi connectivity index (χ2n) is 3.87. The van der Waals surface area contributed by atoms with Gasteiger partial charge >= 0.3 is 0 Å². The first-order chi connectivity index (χ1) is 7.20. The zero-order chi connectivity index (χ0) is 10.8. The smallest absolute Gasteiger partial charge is 0.163 e. The van der Waals surface area contributed by atoms with Crippen LogP contribution in [0.25, 0.3) is 0 Å². The molecular formula is C11H14FNO2. The van der Waals surface area contributed by atoms with Crippen molar-refractivity contribution in [1.82, 2.24) is 5.32 Å². The van der Waals surface area contributed by atoms with Crippen LogP contribution in [0.4, 0.5) is 4.39 Å². The molecule has 1 fully saturated rings. The van der Waals surface area contributed by atoms with Crippen molar-refractivity contribution in [3.63, 3.8) is 0 Å². The Hall–Kier alpha value is -1.29. The highest BCUT2D eigenvalue weighted by Crippen LogP contribution is 2.38. The average Bonchev–Trinajstić information content (AvgIpc) is 2.26. The van der Waals surface area contributed by atoms with E-state index in [-0.39, 0.29) is 23.0 Å². The lowest BCUT2D eigenvalue weighted by Gasteiger charge is -2.24. The second-order valence-corrected chi connectivity index (χ2v) is 3.87. The number of piperidine rings is 1. The summed E-state index contributed by atoms with van der Waals surface area (Å²) in [6.45, 7) is 1.58. The van der Waals surface area contributed by atoms with Crippen LogP contribution in [0.5, 0.6) is 11.5 Å². The van der Waals surface area contributed by atoms with Gasteiger partial charge in [-0.25, -0.2) is 4.39 Å². The van der Waals surface area contributed by atoms with Gasteiger partial charge in [0.2, 0.25) is 0 Å². The Bertz CT molecular complexity index is 362. The maximum absolute atomic E-state index is 13.5. The maximum atomic E-state index is 13.5. The molecule has 3 nitrogen and oxygen atoms in total. The Labute approximate surface area is 87.6 Å². The van der Waals surface area contributed by atoms with Gasteiger partial charge in [-0.2, -0.15) is 0 Å². The first kappa shape index (κ1) is 10.2. The standard InChI is InChI=1S/C11H14FNO2/c12-8-3-4-9(14)11(15)10(8)7-2-1-5-13-6-7/h3-4,7,13-15H,1-2,5-6H2. The van der Waals surface area contributed by atoms with Crippen LogP contribution in [0.1, 0.15) is 24.3 Å². The molecule has 0 aromatic heterocycles. The quantitative estimate of drug-likeness (QED) is 0.620. The van der Waals surface area contributed by atoms with Gasteiger partial charge in [0, 0.05) is 18.0 Å². The zero-order valence-corrected chi connectivity index (χ0v) is 8.33. The van der Waals surface area contributed by atoms with Crippen molar-refractivity contribution in [3.8, 4) is 11.5 Å². The van der Waals surface area contributed by atoms with E-state index in [1.165, 1.54) is 12.1 Å². The Morgan fingerprint density at radius 2 is 2.13 bits per heavy atom. The normalized spacial score (nSPS) is 21.5. The van der Waals surface area contributed by atoms with E-state index in [2.05, 4.69) is 5.32 Å². The van der Waals surface area contributed by atoms with Gasteiger partial charge in [-0.1, -0.05) is 0 Å². The van der Waals surface area contributed by atoms with Crippen molar-refractivity contribution in [2.24, 2.45) is 0 Å². The molecule has 0 aliphatic carbocycles. The summed E-state index contributed by atoms with van der Waals surface area (Å²) in [5.41, 5.74) is 0.238. The summed E-state index contributed by atoms with van der Waals surface area (Å²) < 4.78 is 13.5. The Kier molecular flexibility index (Phi) is 2.77. The van der Waals surface area contributed by atoms with Crippen LogP contribution in [0, 0.1) is 5.82 Å². The second kappa shape index (κ2) is 4.06. The third-order valence-corrected chi connectivity index (χ3v) is 2.85. The van der Waals surface area contributed by atoms with E-state index in [4.69, 9.17) is 0 Å². The van der Waals surface area contributed by atoms with Crippen molar-refractivity contribution in [3.05, 3.63) is 23.5 Å². The van der Waals surface area contributed by atoms with Gasteiger partial charge in [-0.05, 0) is 31.5 Å². The van der Waals surface area contributed by atoms with E-state index in [9.17, 15) is 14.6 Å². The number of rotatable bonds is 1. The molecule has 1 aliphatic rings. The highest BCUT2D eigenvalue weighted by molar-refractivity contribution is 5.47. The molecule has 3 N–H and O–H groups in total. The Morgan fingerprint density at radius 3 is 2.80 bits per heavy atom. The van der Waals surface area contributed by atoms with Crippen molar-refractivity contribution in [2.75, 3.05) is 13.1 Å². The molecule has 2 rings (SSSR count). The third kappa shape index (κ3) is 1.90. The summed E-state index contributed by atoms with van der Waals surface area (Å²) in [5.74, 6) is -1.06. The molecule has 1 heterocycles. The molecule has 1 aromatic rings. The van der Waals surface area contributed by atoms with Gasteiger partial charge in [-0.3, -0.25) is 0 Å². The van der Waals surface area contributed by atoms with Gasteiger partial charge in [0.1, 0.15) is 5.82 Å². The molecule has 4 heteroatoms. The number of benzene rings is 1. The largest absolute Gasteiger partial charge is 0.504 e. The average molecular weight is 211 g/mol. The first-order valence-electron chi connectivity index (χ1n) is 5.11. The molecule has 1 atom stereocenters. The molecule has 1 aliphatic heterocycles. The van der Waals surface area contributed by atoms with Gasteiger partial charge in [0.15, 0.2) is 11.5 Å². The van der Waals surface area contributed by atoms with E-state index < -0.39 is 5.82 Å². The summed E-state index contributed by atoms with van der Waals surface area (Å²) in [6.07, 6.45) is 1.79. The highest BCUT2D eigenvalue weighted by Gasteiger charge is 2.23. The number of aromatic hydroxyl groups is 2. The molecule has 82 valence electrons. The monoisotopic (exact) mass is 211 g/mol. The predicted octanol–water partition coefficient (Wildman–Crippen LogP) is 1.70. The predicted molar refractivity (Wildman–Crippen MR) is 54.6 cm³/mol. The van der Waals surface area contributed by atoms with Gasteiger partial charge in [0.05, 0.1) is 0 Å². The third-order valence-electron chi connectivity index (χ3n) is 2.85. The summed E-state index contributed by atoms with van der Waals surface area (Å²) in [7, 11) is 0. The van der Waals surface area contributed by atoms with E-state index >= 15 is 0 Å². The minimum Gasteiger partial charge on any atom is -0.504 e. The molecule has 1 aromatic carbocycles. The molecule has 1 saturated heterocycles. The molecule has 0 amide bonds. The van der Waals surface area contributed by atoms with Crippen LogP contribution >= 0.6 is 0 Å². The fraction of sp³-hybridized carbons (Fsp3) is 0.455. The minimum atomic E-state index is -0.445. The highest BCUT2D eigenvalue weighted by atomic mass is 19.1. The van der Waals surface area contributed by atoms with E-state index in [0.717, 1.165) is 19.4 Å². The number of phenolic OH excluding ortho intramolecular Hbond substituents is 2. The number of halogens is 1. The van der Waals surface area contributed by atoms with Crippen LogP contribution in [0.15, 0.2) is 12.1 Å². The van der Waals surface area contributed by atoms with Gasteiger partial charge in [-0.15, -0.1) is 0 Å². The SMILES string of the molecule is Oc1ccc(F)c(C2CCCNC2)c1O. The summed E-state index contributed by atoms with van der Waals surface area (Å²) >= 11 is 0. The molecule has 0 spiro atoms. The first-order valence-corrected chi connectivity index (χ1v) is 5.11. The Balaban J connectivity index is 2.36. The Morgan fingerprint density at radius 1 is 1.33 bits per heavy atom. The zero-order valence-electron chi connectivity index (χ0n) is 8.33. The summed E-state index contributed by atoms with van der Waals surface area (Å²) in [6, 6.07) is 2.36. The van der Waals surface area contributed by atoms with Crippen LogP contribution in [0.2, 0.25) is 0 Å². The van der Waals surface area contributed by atoms with Crippen molar-refractivity contribution in [2.45, 2.75) is 18.8 Å². The van der Waals surface area contributed by atoms with Crippen LogP contribution in [-0.4, -0.2) is 23.3 Å². The van der Waals surface area contributed by atoms with E-state index in [0.29, 0.717) is 6.54 Å². The lowest BCUT2D eigenvalue weighted by molar-refractivity contribution is 0.375. The fourth-order valence-electron chi connectivity index (χ4n) is 2.06. The number of phenols is 2. The molecule has 15 heavy (non-hydrogen) atoms. The summed E-state index contributed by atoms with van der Waals surface area (Å²) in [4.78, 5) is 0. The molecule has 1 unspecified atom stereocenters. The lowest BCUT2D eigenvalue weighted by Crippen LogP contribution is -2.28. The summed E-state index contributed by atoms with van der Waals surface area (Å²) in [5, 5.41) is 22.1. The molecular weight excluding hydrogens is 197 g/mol. The van der Waals surface area contributed by atoms with Crippen molar-refractivity contribution in [1.29, 1.82) is 0 Å². The fourth-order valence-corrected chi connectivity index (χ4v) is 2.06. The number of hydrogen-bond donors (Lipinski definition) is 3. The van der Waals surface area contributed by atoms with Crippen LogP contribution in [0.3, 0.4) is 0 Å². The van der Waals surface area contributed by atoms with E-state index in [1.54, 1.807) is 0 Å². The van der Waals surface area contributed by atoms with Crippen LogP contribution in [-0.2, 0) is 0 Å². The number of hydrogen-bond acceptors (Lipinski definition) is 3. The molecule has 0 saturated carbocycles. The van der Waals surface area contributed by atoms with E-state index in [1.807, 2.05) is 0 Å². The topological polar surface area (TPSA) is 52.5 Å². The number of nitrogens with one attached hydrogen (secondary N) is 1. The van der Waals surface area contributed by atoms with Gasteiger partial charge < -0.3 is 15.5 Å². The maximum Gasteiger partial charge on any atom is 0.163 e. The molecule has 0 bridgehead atoms. The minimum absolute atomic E-state index is 0.0501. The van der Waals surface area contributed by atoms with Gasteiger partial charge in [0.25, 0.3) is 0 Å². The van der Waals surface area contributed by atoms with Crippen molar-refractivity contribution < 1.29 is 14.6 Å². The van der Waals surface area contributed by atoms with Crippen molar-refractivity contribution >= 4 is 0 Å². The van der Waals surface area contributed by atoms with Crippen LogP contribution < -0.4 is 5.32 Å². The lowest BCUT2D eigenvalue weighted by atomic mass is 9.90. The molecule has 0 radical (unpaired) electrons.